The van der Waals surface area contributed by atoms with Gasteiger partial charge in [0.15, 0.2) is 0 Å². The topological polar surface area (TPSA) is 68.0 Å². The minimum Gasteiger partial charge on any atom is -0.327 e. The van der Waals surface area contributed by atoms with Gasteiger partial charge in [0.25, 0.3) is 0 Å². The van der Waals surface area contributed by atoms with Gasteiger partial charge in [-0.15, -0.1) is 24.8 Å². The molecule has 4 nitrogen and oxygen atoms in total. The zero-order valence-electron chi connectivity index (χ0n) is 16.1. The summed E-state index contributed by atoms with van der Waals surface area (Å²) in [4.78, 5) is 17.0. The molecule has 2 bridgehead atoms. The standard InChI is InChI=1S/C22H27N3O.2ClH/c1-14-5-6-16(15-7-9-24-10-8-15)13-20(14)25-22(26)19-11-17-3-2-4-18(12-19)21(17)23;;/h5-10,13,17-19,21H,2-4,11-12,23H2,1H3,(H,25,26);2*1H. The van der Waals surface area contributed by atoms with Crippen LogP contribution in [0, 0.1) is 24.7 Å². The smallest absolute Gasteiger partial charge is 0.227 e. The van der Waals surface area contributed by atoms with Gasteiger partial charge in [-0.3, -0.25) is 9.78 Å². The van der Waals surface area contributed by atoms with E-state index in [1.54, 1.807) is 12.4 Å². The fourth-order valence-electron chi connectivity index (χ4n) is 4.72. The molecule has 0 aliphatic heterocycles. The van der Waals surface area contributed by atoms with Gasteiger partial charge in [-0.1, -0.05) is 18.6 Å². The van der Waals surface area contributed by atoms with Crippen LogP contribution in [0.4, 0.5) is 5.69 Å². The van der Waals surface area contributed by atoms with Crippen molar-refractivity contribution in [3.05, 3.63) is 48.3 Å². The van der Waals surface area contributed by atoms with E-state index in [-0.39, 0.29) is 36.6 Å². The molecule has 2 aliphatic rings. The molecule has 1 amide bonds. The van der Waals surface area contributed by atoms with E-state index in [4.69, 9.17) is 5.73 Å². The number of nitrogens with two attached hydrogens (primary N) is 1. The molecule has 28 heavy (non-hydrogen) atoms. The van der Waals surface area contributed by atoms with E-state index in [9.17, 15) is 4.79 Å². The molecular weight excluding hydrogens is 393 g/mol. The largest absolute Gasteiger partial charge is 0.327 e. The van der Waals surface area contributed by atoms with Crippen molar-refractivity contribution < 1.29 is 4.79 Å². The maximum atomic E-state index is 12.9. The number of aromatic nitrogens is 1. The molecule has 4 rings (SSSR count). The molecular formula is C22H29Cl2N3O. The van der Waals surface area contributed by atoms with Crippen molar-refractivity contribution in [1.29, 1.82) is 0 Å². The summed E-state index contributed by atoms with van der Waals surface area (Å²) < 4.78 is 0. The molecule has 2 saturated carbocycles. The molecule has 2 atom stereocenters. The molecule has 6 heteroatoms. The van der Waals surface area contributed by atoms with Crippen LogP contribution in [-0.4, -0.2) is 16.9 Å². The summed E-state index contributed by atoms with van der Waals surface area (Å²) in [6.07, 6.45) is 9.08. The van der Waals surface area contributed by atoms with Gasteiger partial charge in [0.2, 0.25) is 5.91 Å². The highest BCUT2D eigenvalue weighted by atomic mass is 35.5. The van der Waals surface area contributed by atoms with Crippen molar-refractivity contribution in [2.75, 3.05) is 5.32 Å². The minimum absolute atomic E-state index is 0. The highest BCUT2D eigenvalue weighted by Gasteiger charge is 2.40. The second-order valence-electron chi connectivity index (χ2n) is 7.95. The van der Waals surface area contributed by atoms with E-state index in [1.165, 1.54) is 19.3 Å². The molecule has 0 saturated heterocycles. The third kappa shape index (κ3) is 4.68. The number of anilines is 1. The van der Waals surface area contributed by atoms with Gasteiger partial charge in [0, 0.05) is 30.0 Å². The SMILES string of the molecule is Cc1ccc(-c2ccncc2)cc1NC(=O)C1CC2CCCC(C1)C2N.Cl.Cl. The summed E-state index contributed by atoms with van der Waals surface area (Å²) in [5, 5.41) is 3.20. The first kappa shape index (κ1) is 22.7. The Balaban J connectivity index is 0.00000140. The van der Waals surface area contributed by atoms with Gasteiger partial charge in [-0.05, 0) is 79.3 Å². The molecule has 2 fully saturated rings. The van der Waals surface area contributed by atoms with Crippen LogP contribution in [0.5, 0.6) is 0 Å². The van der Waals surface area contributed by atoms with Gasteiger partial charge in [-0.25, -0.2) is 0 Å². The number of nitrogens with zero attached hydrogens (tertiary/aromatic N) is 1. The minimum atomic E-state index is 0. The third-order valence-electron chi connectivity index (χ3n) is 6.29. The Hall–Kier alpha value is -1.62. The van der Waals surface area contributed by atoms with E-state index in [0.717, 1.165) is 35.2 Å². The Bertz CT molecular complexity index is 786. The van der Waals surface area contributed by atoms with Crippen molar-refractivity contribution in [3.8, 4) is 11.1 Å². The Morgan fingerprint density at radius 3 is 2.32 bits per heavy atom. The summed E-state index contributed by atoms with van der Waals surface area (Å²) in [7, 11) is 0. The van der Waals surface area contributed by atoms with E-state index in [0.29, 0.717) is 17.9 Å². The summed E-state index contributed by atoms with van der Waals surface area (Å²) in [5.41, 5.74) is 10.6. The predicted molar refractivity (Wildman–Crippen MR) is 119 cm³/mol. The summed E-state index contributed by atoms with van der Waals surface area (Å²) >= 11 is 0. The number of hydrogen-bond donors (Lipinski definition) is 2. The lowest BCUT2D eigenvalue weighted by molar-refractivity contribution is -0.122. The van der Waals surface area contributed by atoms with Crippen LogP contribution in [0.15, 0.2) is 42.7 Å². The van der Waals surface area contributed by atoms with Crippen LogP contribution in [0.25, 0.3) is 11.1 Å². The molecule has 152 valence electrons. The Morgan fingerprint density at radius 1 is 1.04 bits per heavy atom. The molecule has 1 aromatic carbocycles. The average Bonchev–Trinajstić information content (AvgIpc) is 2.64. The highest BCUT2D eigenvalue weighted by molar-refractivity contribution is 5.94. The fraction of sp³-hybridized carbons (Fsp3) is 0.455. The first-order chi connectivity index (χ1) is 12.6. The van der Waals surface area contributed by atoms with Crippen LogP contribution in [-0.2, 0) is 4.79 Å². The number of carbonyl (C=O) groups is 1. The second-order valence-corrected chi connectivity index (χ2v) is 7.95. The van der Waals surface area contributed by atoms with Gasteiger partial charge in [-0.2, -0.15) is 0 Å². The van der Waals surface area contributed by atoms with Crippen LogP contribution >= 0.6 is 24.8 Å². The van der Waals surface area contributed by atoms with Crippen molar-refractivity contribution in [3.63, 3.8) is 0 Å². The third-order valence-corrected chi connectivity index (χ3v) is 6.29. The number of aryl methyl sites for hydroxylation is 1. The number of rotatable bonds is 3. The fourth-order valence-corrected chi connectivity index (χ4v) is 4.72. The number of fused-ring (bicyclic) bond motifs is 2. The lowest BCUT2D eigenvalue weighted by atomic mass is 9.65. The normalized spacial score (nSPS) is 25.8. The number of hydrogen-bond acceptors (Lipinski definition) is 3. The monoisotopic (exact) mass is 421 g/mol. The second kappa shape index (κ2) is 9.73. The maximum Gasteiger partial charge on any atom is 0.227 e. The van der Waals surface area contributed by atoms with Crippen molar-refractivity contribution in [2.45, 2.75) is 45.1 Å². The quantitative estimate of drug-likeness (QED) is 0.732. The van der Waals surface area contributed by atoms with E-state index < -0.39 is 0 Å². The maximum absolute atomic E-state index is 12.9. The van der Waals surface area contributed by atoms with Gasteiger partial charge in [0.1, 0.15) is 0 Å². The average molecular weight is 422 g/mol. The first-order valence-electron chi connectivity index (χ1n) is 9.69. The lowest BCUT2D eigenvalue weighted by Gasteiger charge is -2.43. The van der Waals surface area contributed by atoms with Crippen molar-refractivity contribution in [2.24, 2.45) is 23.5 Å². The number of amides is 1. The van der Waals surface area contributed by atoms with Gasteiger partial charge < -0.3 is 11.1 Å². The van der Waals surface area contributed by atoms with E-state index in [2.05, 4.69) is 28.5 Å². The summed E-state index contributed by atoms with van der Waals surface area (Å²) in [5.74, 6) is 1.28. The number of benzene rings is 1. The molecule has 1 heterocycles. The Kier molecular flexibility index (Phi) is 7.87. The van der Waals surface area contributed by atoms with Crippen molar-refractivity contribution in [1.82, 2.24) is 4.98 Å². The Morgan fingerprint density at radius 2 is 1.68 bits per heavy atom. The van der Waals surface area contributed by atoms with Gasteiger partial charge in [0.05, 0.1) is 0 Å². The molecule has 0 radical (unpaired) electrons. The number of carbonyl (C=O) groups excluding carboxylic acids is 1. The van der Waals surface area contributed by atoms with Crippen LogP contribution in [0.3, 0.4) is 0 Å². The predicted octanol–water partition coefficient (Wildman–Crippen LogP) is 4.99. The van der Waals surface area contributed by atoms with Crippen LogP contribution in [0.1, 0.15) is 37.7 Å². The lowest BCUT2D eigenvalue weighted by Crippen LogP contribution is -2.48. The number of halogens is 2. The highest BCUT2D eigenvalue weighted by Crippen LogP contribution is 2.42. The molecule has 0 spiro atoms. The van der Waals surface area contributed by atoms with E-state index in [1.807, 2.05) is 19.1 Å². The van der Waals surface area contributed by atoms with Crippen LogP contribution < -0.4 is 11.1 Å². The number of nitrogens with one attached hydrogen (secondary N) is 1. The van der Waals surface area contributed by atoms with Crippen molar-refractivity contribution >= 4 is 36.4 Å². The summed E-state index contributed by atoms with van der Waals surface area (Å²) in [6, 6.07) is 10.5. The molecule has 2 aromatic rings. The molecule has 2 unspecified atom stereocenters. The number of pyridine rings is 1. The molecule has 1 aromatic heterocycles. The molecule has 2 aliphatic carbocycles. The van der Waals surface area contributed by atoms with Gasteiger partial charge >= 0.3 is 0 Å². The molecule has 3 N–H and O–H groups in total. The zero-order chi connectivity index (χ0) is 18.1. The zero-order valence-corrected chi connectivity index (χ0v) is 17.8. The Labute approximate surface area is 179 Å². The first-order valence-corrected chi connectivity index (χ1v) is 9.69. The van der Waals surface area contributed by atoms with Crippen LogP contribution in [0.2, 0.25) is 0 Å². The summed E-state index contributed by atoms with van der Waals surface area (Å²) in [6.45, 7) is 2.04. The van der Waals surface area contributed by atoms with E-state index >= 15 is 0 Å².